The largest absolute Gasteiger partial charge is 0.486 e. The summed E-state index contributed by atoms with van der Waals surface area (Å²) in [6.45, 7) is 1.02. The lowest BCUT2D eigenvalue weighted by Crippen LogP contribution is -2.17. The van der Waals surface area contributed by atoms with Crippen LogP contribution in [0.2, 0.25) is 5.02 Å². The van der Waals surface area contributed by atoms with Crippen LogP contribution < -0.4 is 14.8 Å². The number of nitrogens with one attached hydrogen (secondary N) is 1. The summed E-state index contributed by atoms with van der Waals surface area (Å²) in [5, 5.41) is 3.53. The lowest BCUT2D eigenvalue weighted by Gasteiger charge is -2.19. The van der Waals surface area contributed by atoms with Gasteiger partial charge in [-0.25, -0.2) is 0 Å². The molecule has 3 aromatic carbocycles. The van der Waals surface area contributed by atoms with Crippen molar-refractivity contribution in [2.75, 3.05) is 18.5 Å². The monoisotopic (exact) mass is 391 g/mol. The molecule has 0 unspecified atom stereocenters. The Morgan fingerprint density at radius 2 is 1.61 bits per heavy atom. The standard InChI is InChI=1S/C23H18ClNO3/c24-20-9-5-4-8-17(20)14-19(16-6-2-1-3-7-16)23(26)25-18-10-11-21-22(15-18)28-13-12-27-21/h1-11,14-15H,12-13H2,(H,25,26). The molecule has 1 N–H and O–H groups in total. The number of carbonyl (C=O) groups is 1. The van der Waals surface area contributed by atoms with Crippen LogP contribution >= 0.6 is 11.6 Å². The molecule has 0 fully saturated rings. The van der Waals surface area contributed by atoms with Crippen LogP contribution in [0.3, 0.4) is 0 Å². The number of ether oxygens (including phenoxy) is 2. The number of anilines is 1. The number of hydrogen-bond donors (Lipinski definition) is 1. The zero-order valence-corrected chi connectivity index (χ0v) is 15.8. The molecule has 4 rings (SSSR count). The summed E-state index contributed by atoms with van der Waals surface area (Å²) >= 11 is 6.29. The first-order valence-electron chi connectivity index (χ1n) is 8.93. The Bertz CT molecular complexity index is 1030. The smallest absolute Gasteiger partial charge is 0.256 e. The molecule has 1 heterocycles. The highest BCUT2D eigenvalue weighted by Gasteiger charge is 2.16. The minimum absolute atomic E-state index is 0.234. The highest BCUT2D eigenvalue weighted by molar-refractivity contribution is 6.34. The van der Waals surface area contributed by atoms with Crippen molar-refractivity contribution in [3.05, 3.63) is 88.9 Å². The normalized spacial score (nSPS) is 13.1. The van der Waals surface area contributed by atoms with Gasteiger partial charge in [0.15, 0.2) is 11.5 Å². The van der Waals surface area contributed by atoms with Gasteiger partial charge in [-0.3, -0.25) is 4.79 Å². The van der Waals surface area contributed by atoms with Crippen molar-refractivity contribution in [1.29, 1.82) is 0 Å². The Labute approximate surface area is 168 Å². The van der Waals surface area contributed by atoms with E-state index >= 15 is 0 Å². The molecule has 0 atom stereocenters. The highest BCUT2D eigenvalue weighted by atomic mass is 35.5. The summed E-state index contributed by atoms with van der Waals surface area (Å²) in [7, 11) is 0. The molecule has 5 heteroatoms. The van der Waals surface area contributed by atoms with E-state index in [1.807, 2.05) is 48.5 Å². The first kappa shape index (κ1) is 18.1. The first-order chi connectivity index (χ1) is 13.7. The second-order valence-electron chi connectivity index (χ2n) is 6.26. The Morgan fingerprint density at radius 1 is 0.893 bits per heavy atom. The predicted molar refractivity (Wildman–Crippen MR) is 112 cm³/mol. The third kappa shape index (κ3) is 4.02. The summed E-state index contributed by atoms with van der Waals surface area (Å²) in [5.41, 5.74) is 2.73. The van der Waals surface area contributed by atoms with Gasteiger partial charge in [0.1, 0.15) is 13.2 Å². The molecule has 0 spiro atoms. The van der Waals surface area contributed by atoms with E-state index in [0.717, 1.165) is 11.1 Å². The Hall–Kier alpha value is -3.24. The van der Waals surface area contributed by atoms with E-state index in [-0.39, 0.29) is 5.91 Å². The number of fused-ring (bicyclic) bond motifs is 1. The van der Waals surface area contributed by atoms with Gasteiger partial charge < -0.3 is 14.8 Å². The zero-order valence-electron chi connectivity index (χ0n) is 15.0. The average molecular weight is 392 g/mol. The summed E-state index contributed by atoms with van der Waals surface area (Å²) in [4.78, 5) is 13.1. The molecule has 1 amide bonds. The number of halogens is 1. The highest BCUT2D eigenvalue weighted by Crippen LogP contribution is 2.33. The van der Waals surface area contributed by atoms with Gasteiger partial charge in [-0.1, -0.05) is 60.1 Å². The summed E-state index contributed by atoms with van der Waals surface area (Å²) < 4.78 is 11.1. The van der Waals surface area contributed by atoms with E-state index in [4.69, 9.17) is 21.1 Å². The van der Waals surface area contributed by atoms with Crippen molar-refractivity contribution in [1.82, 2.24) is 0 Å². The van der Waals surface area contributed by atoms with Crippen molar-refractivity contribution >= 4 is 34.8 Å². The summed E-state index contributed by atoms with van der Waals surface area (Å²) in [6.07, 6.45) is 1.80. The topological polar surface area (TPSA) is 47.6 Å². The molecule has 0 radical (unpaired) electrons. The molecule has 4 nitrogen and oxygen atoms in total. The molecular weight excluding hydrogens is 374 g/mol. The van der Waals surface area contributed by atoms with E-state index in [0.29, 0.717) is 41.0 Å². The quantitative estimate of drug-likeness (QED) is 0.485. The van der Waals surface area contributed by atoms with Gasteiger partial charge >= 0.3 is 0 Å². The minimum atomic E-state index is -0.234. The SMILES string of the molecule is O=C(Nc1ccc2c(c1)OCCO2)C(=Cc1ccccc1Cl)c1ccccc1. The Balaban J connectivity index is 1.67. The minimum Gasteiger partial charge on any atom is -0.486 e. The first-order valence-corrected chi connectivity index (χ1v) is 9.31. The number of amides is 1. The number of benzene rings is 3. The van der Waals surface area contributed by atoms with Crippen LogP contribution in [-0.4, -0.2) is 19.1 Å². The van der Waals surface area contributed by atoms with Gasteiger partial charge in [0.05, 0.1) is 0 Å². The molecule has 1 aliphatic heterocycles. The average Bonchev–Trinajstić information content (AvgIpc) is 2.73. The van der Waals surface area contributed by atoms with Gasteiger partial charge in [0.25, 0.3) is 5.91 Å². The maximum atomic E-state index is 13.1. The van der Waals surface area contributed by atoms with Gasteiger partial charge in [-0.15, -0.1) is 0 Å². The van der Waals surface area contributed by atoms with E-state index in [1.165, 1.54) is 0 Å². The second-order valence-corrected chi connectivity index (χ2v) is 6.67. The molecule has 0 saturated heterocycles. The van der Waals surface area contributed by atoms with Crippen LogP contribution in [0.4, 0.5) is 5.69 Å². The fourth-order valence-electron chi connectivity index (χ4n) is 2.96. The van der Waals surface area contributed by atoms with Crippen LogP contribution in [0.25, 0.3) is 11.6 Å². The van der Waals surface area contributed by atoms with Crippen LogP contribution in [0.15, 0.2) is 72.8 Å². The molecule has 0 saturated carbocycles. The van der Waals surface area contributed by atoms with Gasteiger partial charge in [-0.2, -0.15) is 0 Å². The lowest BCUT2D eigenvalue weighted by molar-refractivity contribution is -0.111. The van der Waals surface area contributed by atoms with Crippen molar-refractivity contribution in [3.8, 4) is 11.5 Å². The zero-order chi connectivity index (χ0) is 19.3. The van der Waals surface area contributed by atoms with E-state index in [9.17, 15) is 4.79 Å². The summed E-state index contributed by atoms with van der Waals surface area (Å²) in [6, 6.07) is 22.3. The maximum absolute atomic E-state index is 13.1. The van der Waals surface area contributed by atoms with Gasteiger partial charge in [0.2, 0.25) is 0 Å². The molecule has 0 bridgehead atoms. The maximum Gasteiger partial charge on any atom is 0.256 e. The van der Waals surface area contributed by atoms with Crippen LogP contribution in [-0.2, 0) is 4.79 Å². The van der Waals surface area contributed by atoms with Crippen molar-refractivity contribution in [2.24, 2.45) is 0 Å². The van der Waals surface area contributed by atoms with E-state index < -0.39 is 0 Å². The number of carbonyl (C=O) groups excluding carboxylic acids is 1. The molecule has 140 valence electrons. The molecule has 1 aliphatic rings. The molecule has 28 heavy (non-hydrogen) atoms. The van der Waals surface area contributed by atoms with E-state index in [2.05, 4.69) is 5.32 Å². The van der Waals surface area contributed by atoms with Crippen LogP contribution in [0.1, 0.15) is 11.1 Å². The van der Waals surface area contributed by atoms with Gasteiger partial charge in [-0.05, 0) is 35.4 Å². The van der Waals surface area contributed by atoms with Crippen LogP contribution in [0, 0.1) is 0 Å². The molecule has 3 aromatic rings. The predicted octanol–water partition coefficient (Wildman–Crippen LogP) is 5.29. The number of rotatable bonds is 4. The van der Waals surface area contributed by atoms with Crippen molar-refractivity contribution in [2.45, 2.75) is 0 Å². The third-order valence-corrected chi connectivity index (χ3v) is 4.68. The molecular formula is C23H18ClNO3. The third-order valence-electron chi connectivity index (χ3n) is 4.33. The fraction of sp³-hybridized carbons (Fsp3) is 0.0870. The fourth-order valence-corrected chi connectivity index (χ4v) is 3.16. The summed E-state index contributed by atoms with van der Waals surface area (Å²) in [5.74, 6) is 1.07. The van der Waals surface area contributed by atoms with Crippen LogP contribution in [0.5, 0.6) is 11.5 Å². The molecule has 0 aliphatic carbocycles. The molecule has 0 aromatic heterocycles. The second kappa shape index (κ2) is 8.19. The van der Waals surface area contributed by atoms with Gasteiger partial charge in [0, 0.05) is 22.3 Å². The Morgan fingerprint density at radius 3 is 2.39 bits per heavy atom. The number of hydrogen-bond acceptors (Lipinski definition) is 3. The van der Waals surface area contributed by atoms with Crippen molar-refractivity contribution < 1.29 is 14.3 Å². The Kier molecular flexibility index (Phi) is 5.31. The van der Waals surface area contributed by atoms with E-state index in [1.54, 1.807) is 30.3 Å². The van der Waals surface area contributed by atoms with Crippen molar-refractivity contribution in [3.63, 3.8) is 0 Å². The lowest BCUT2D eigenvalue weighted by atomic mass is 10.0.